The van der Waals surface area contributed by atoms with Crippen LogP contribution in [0.15, 0.2) is 36.0 Å². The molecule has 0 spiro atoms. The highest BCUT2D eigenvalue weighted by Crippen LogP contribution is 2.48. The van der Waals surface area contributed by atoms with E-state index in [0.29, 0.717) is 6.61 Å². The smallest absolute Gasteiger partial charge is 0.129 e. The van der Waals surface area contributed by atoms with Crippen LogP contribution in [0.1, 0.15) is 6.92 Å². The molecular weight excluding hydrogens is 238 g/mol. The predicted molar refractivity (Wildman–Crippen MR) is 74.0 cm³/mol. The van der Waals surface area contributed by atoms with Gasteiger partial charge in [-0.2, -0.15) is 0 Å². The Labute approximate surface area is 114 Å². The lowest BCUT2D eigenvalue weighted by molar-refractivity contribution is 0.248. The van der Waals surface area contributed by atoms with E-state index in [2.05, 4.69) is 35.2 Å². The van der Waals surface area contributed by atoms with Crippen LogP contribution in [-0.2, 0) is 4.74 Å². The van der Waals surface area contributed by atoms with Gasteiger partial charge in [0.1, 0.15) is 18.2 Å². The first-order chi connectivity index (χ1) is 9.18. The molecule has 0 aromatic rings. The minimum Gasteiger partial charge on any atom is -0.488 e. The summed E-state index contributed by atoms with van der Waals surface area (Å²) < 4.78 is 5.54. The van der Waals surface area contributed by atoms with E-state index in [1.165, 1.54) is 24.4 Å². The molecule has 0 aromatic carbocycles. The Morgan fingerprint density at radius 1 is 1.21 bits per heavy atom. The van der Waals surface area contributed by atoms with Crippen LogP contribution in [0.2, 0.25) is 0 Å². The number of fused-ring (bicyclic) bond motifs is 1. The molecule has 2 saturated heterocycles. The Balaban J connectivity index is 1.52. The number of nitrogens with one attached hydrogen (secondary N) is 1. The molecule has 0 bridgehead atoms. The SMILES string of the molecule is C=C1OCC(N2CCN(C3C4CNCC43)C2=C)=C1C. The van der Waals surface area contributed by atoms with Crippen molar-refractivity contribution in [2.75, 3.05) is 32.8 Å². The van der Waals surface area contributed by atoms with Gasteiger partial charge in [-0.1, -0.05) is 13.2 Å². The lowest BCUT2D eigenvalue weighted by Crippen LogP contribution is -2.31. The molecule has 4 heteroatoms. The van der Waals surface area contributed by atoms with E-state index in [-0.39, 0.29) is 0 Å². The fourth-order valence-electron chi connectivity index (χ4n) is 3.89. The first-order valence-corrected chi connectivity index (χ1v) is 7.14. The van der Waals surface area contributed by atoms with Crippen LogP contribution in [0.3, 0.4) is 0 Å². The van der Waals surface area contributed by atoms with Crippen LogP contribution >= 0.6 is 0 Å². The molecule has 1 saturated carbocycles. The maximum absolute atomic E-state index is 5.54. The van der Waals surface area contributed by atoms with Crippen LogP contribution in [-0.4, -0.2) is 48.6 Å². The first-order valence-electron chi connectivity index (χ1n) is 7.14. The average molecular weight is 259 g/mol. The zero-order valence-electron chi connectivity index (χ0n) is 11.5. The largest absolute Gasteiger partial charge is 0.488 e. The highest BCUT2D eigenvalue weighted by molar-refractivity contribution is 5.35. The molecule has 0 aromatic heterocycles. The molecule has 4 aliphatic rings. The summed E-state index contributed by atoms with van der Waals surface area (Å²) in [5.41, 5.74) is 2.43. The van der Waals surface area contributed by atoms with Crippen molar-refractivity contribution in [1.29, 1.82) is 0 Å². The average Bonchev–Trinajstić information content (AvgIpc) is 2.80. The van der Waals surface area contributed by atoms with Crippen LogP contribution in [0, 0.1) is 11.8 Å². The molecule has 19 heavy (non-hydrogen) atoms. The normalized spacial score (nSPS) is 37.2. The zero-order valence-corrected chi connectivity index (χ0v) is 11.5. The molecule has 3 aliphatic heterocycles. The van der Waals surface area contributed by atoms with Gasteiger partial charge in [0.25, 0.3) is 0 Å². The van der Waals surface area contributed by atoms with E-state index in [9.17, 15) is 0 Å². The van der Waals surface area contributed by atoms with Gasteiger partial charge < -0.3 is 19.9 Å². The summed E-state index contributed by atoms with van der Waals surface area (Å²) in [5.74, 6) is 3.67. The molecule has 0 radical (unpaired) electrons. The van der Waals surface area contributed by atoms with Gasteiger partial charge in [-0.25, -0.2) is 0 Å². The van der Waals surface area contributed by atoms with Crippen molar-refractivity contribution in [1.82, 2.24) is 15.1 Å². The number of hydrogen-bond acceptors (Lipinski definition) is 4. The van der Waals surface area contributed by atoms with Crippen molar-refractivity contribution >= 4 is 0 Å². The van der Waals surface area contributed by atoms with Crippen molar-refractivity contribution in [2.45, 2.75) is 13.0 Å². The molecule has 2 unspecified atom stereocenters. The van der Waals surface area contributed by atoms with Crippen LogP contribution in [0.4, 0.5) is 0 Å². The van der Waals surface area contributed by atoms with Crippen LogP contribution < -0.4 is 5.32 Å². The van der Waals surface area contributed by atoms with Crippen molar-refractivity contribution in [2.24, 2.45) is 11.8 Å². The summed E-state index contributed by atoms with van der Waals surface area (Å²) in [6.07, 6.45) is 0. The zero-order chi connectivity index (χ0) is 13.1. The van der Waals surface area contributed by atoms with Crippen molar-refractivity contribution in [3.05, 3.63) is 36.0 Å². The Bertz CT molecular complexity index is 486. The summed E-state index contributed by atoms with van der Waals surface area (Å²) in [5, 5.41) is 3.46. The van der Waals surface area contributed by atoms with Gasteiger partial charge in [-0.15, -0.1) is 0 Å². The first kappa shape index (κ1) is 11.4. The maximum atomic E-state index is 5.54. The number of allylic oxidation sites excluding steroid dienone is 1. The van der Waals surface area contributed by atoms with Gasteiger partial charge in [0.15, 0.2) is 0 Å². The Kier molecular flexibility index (Phi) is 2.28. The van der Waals surface area contributed by atoms with E-state index in [4.69, 9.17) is 4.74 Å². The van der Waals surface area contributed by atoms with E-state index < -0.39 is 0 Å². The molecule has 3 heterocycles. The molecule has 0 amide bonds. The summed E-state index contributed by atoms with van der Waals surface area (Å²) in [7, 11) is 0. The minimum atomic E-state index is 0.649. The topological polar surface area (TPSA) is 27.7 Å². The van der Waals surface area contributed by atoms with Crippen LogP contribution in [0.25, 0.3) is 0 Å². The number of hydrogen-bond donors (Lipinski definition) is 1. The highest BCUT2D eigenvalue weighted by Gasteiger charge is 2.57. The second-order valence-electron chi connectivity index (χ2n) is 6.02. The summed E-state index contributed by atoms with van der Waals surface area (Å²) >= 11 is 0. The molecule has 2 atom stereocenters. The van der Waals surface area contributed by atoms with Gasteiger partial charge in [-0.3, -0.25) is 0 Å². The number of rotatable bonds is 2. The third-order valence-corrected chi connectivity index (χ3v) is 5.17. The number of piperidine rings is 1. The summed E-state index contributed by atoms with van der Waals surface area (Å²) in [6.45, 7) is 15.5. The highest BCUT2D eigenvalue weighted by atomic mass is 16.5. The second kappa shape index (κ2) is 3.79. The molecule has 4 nitrogen and oxygen atoms in total. The Morgan fingerprint density at radius 3 is 2.58 bits per heavy atom. The van der Waals surface area contributed by atoms with Crippen molar-refractivity contribution < 1.29 is 4.74 Å². The van der Waals surface area contributed by atoms with E-state index >= 15 is 0 Å². The third-order valence-electron chi connectivity index (χ3n) is 5.17. The molecule has 4 rings (SSSR count). The Hall–Kier alpha value is -1.42. The van der Waals surface area contributed by atoms with E-state index in [1.807, 2.05) is 0 Å². The lowest BCUT2D eigenvalue weighted by atomic mass is 10.2. The summed E-state index contributed by atoms with van der Waals surface area (Å²) in [6, 6.07) is 0.727. The lowest BCUT2D eigenvalue weighted by Gasteiger charge is -2.26. The van der Waals surface area contributed by atoms with Crippen molar-refractivity contribution in [3.63, 3.8) is 0 Å². The maximum Gasteiger partial charge on any atom is 0.129 e. The molecule has 1 N–H and O–H groups in total. The number of nitrogens with zero attached hydrogens (tertiary/aromatic N) is 2. The predicted octanol–water partition coefficient (Wildman–Crippen LogP) is 1.11. The summed E-state index contributed by atoms with van der Waals surface area (Å²) in [4.78, 5) is 4.84. The van der Waals surface area contributed by atoms with Gasteiger partial charge in [-0.05, 0) is 18.8 Å². The third kappa shape index (κ3) is 1.49. The van der Waals surface area contributed by atoms with Gasteiger partial charge in [0, 0.05) is 37.8 Å². The Morgan fingerprint density at radius 2 is 1.95 bits per heavy atom. The van der Waals surface area contributed by atoms with Crippen LogP contribution in [0.5, 0.6) is 0 Å². The molecular formula is C15H21N3O. The van der Waals surface area contributed by atoms with Gasteiger partial charge in [0.2, 0.25) is 0 Å². The monoisotopic (exact) mass is 259 g/mol. The number of ether oxygens (including phenoxy) is 1. The van der Waals surface area contributed by atoms with Gasteiger partial charge in [0.05, 0.1) is 5.70 Å². The van der Waals surface area contributed by atoms with Crippen molar-refractivity contribution in [3.8, 4) is 0 Å². The molecule has 3 fully saturated rings. The van der Waals surface area contributed by atoms with E-state index in [0.717, 1.165) is 42.5 Å². The minimum absolute atomic E-state index is 0.649. The fraction of sp³-hybridized carbons (Fsp3) is 0.600. The fourth-order valence-corrected chi connectivity index (χ4v) is 3.89. The van der Waals surface area contributed by atoms with Gasteiger partial charge >= 0.3 is 0 Å². The van der Waals surface area contributed by atoms with E-state index in [1.54, 1.807) is 0 Å². The quantitative estimate of drug-likeness (QED) is 0.804. The molecule has 1 aliphatic carbocycles. The standard InChI is InChI=1S/C15H21N3O/c1-9-10(2)19-8-14(9)17-4-5-18(11(17)3)15-12-6-16-7-13(12)15/h12-13,15-16H,2-8H2,1H3. The second-order valence-corrected chi connectivity index (χ2v) is 6.02. The molecule has 102 valence electrons.